The average Bonchev–Trinajstić information content (AvgIpc) is 2.07. The fraction of sp³-hybridized carbons (Fsp3) is 0. The molecule has 1 amide bonds. The van der Waals surface area contributed by atoms with E-state index in [9.17, 15) is 4.79 Å². The molecule has 1 rings (SSSR count). The summed E-state index contributed by atoms with van der Waals surface area (Å²) in [5.74, 6) is -0.722. The zero-order valence-electron chi connectivity index (χ0n) is 5.38. The zero-order chi connectivity index (χ0) is 8.10. The first-order chi connectivity index (χ1) is 5.34. The Morgan fingerprint density at radius 1 is 1.64 bits per heavy atom. The first-order valence-electron chi connectivity index (χ1n) is 2.70. The topological polar surface area (TPSA) is 91.6 Å². The van der Waals surface area contributed by atoms with Crippen LogP contribution in [0.1, 0.15) is 10.5 Å². The van der Waals surface area contributed by atoms with Crippen molar-refractivity contribution in [1.29, 1.82) is 0 Å². The van der Waals surface area contributed by atoms with Gasteiger partial charge in [-0.25, -0.2) is 4.98 Å². The number of carbonyl (C=O) groups is 1. The van der Waals surface area contributed by atoms with Crippen molar-refractivity contribution >= 4 is 5.91 Å². The molecule has 0 atom stereocenters. The quantitative estimate of drug-likeness (QED) is 0.337. The number of rotatable bonds is 1. The van der Waals surface area contributed by atoms with Crippen LogP contribution in [0.2, 0.25) is 0 Å². The highest BCUT2D eigenvalue weighted by Gasteiger charge is 2.01. The molecule has 0 N–H and O–H groups in total. The van der Waals surface area contributed by atoms with Crippen molar-refractivity contribution in [3.63, 3.8) is 0 Å². The van der Waals surface area contributed by atoms with Gasteiger partial charge in [-0.2, -0.15) is 0 Å². The van der Waals surface area contributed by atoms with E-state index in [4.69, 9.17) is 5.53 Å². The van der Waals surface area contributed by atoms with Crippen LogP contribution in [0.3, 0.4) is 0 Å². The van der Waals surface area contributed by atoms with Crippen LogP contribution in [0, 0.1) is 0 Å². The van der Waals surface area contributed by atoms with E-state index in [0.717, 1.165) is 0 Å². The summed E-state index contributed by atoms with van der Waals surface area (Å²) < 4.78 is 0. The van der Waals surface area contributed by atoms with Crippen LogP contribution in [0.25, 0.3) is 10.4 Å². The van der Waals surface area contributed by atoms with Gasteiger partial charge in [0, 0.05) is 17.3 Å². The summed E-state index contributed by atoms with van der Waals surface area (Å²) in [6.45, 7) is 0. The van der Waals surface area contributed by atoms with E-state index in [0.29, 0.717) is 0 Å². The molecule has 0 radical (unpaired) electrons. The van der Waals surface area contributed by atoms with Gasteiger partial charge >= 0.3 is 0 Å². The van der Waals surface area contributed by atoms with Gasteiger partial charge in [-0.15, -0.1) is 0 Å². The molecule has 1 heterocycles. The van der Waals surface area contributed by atoms with E-state index in [2.05, 4.69) is 20.0 Å². The summed E-state index contributed by atoms with van der Waals surface area (Å²) in [5.41, 5.74) is 7.93. The number of hydrogen-bond acceptors (Lipinski definition) is 3. The molecule has 0 aliphatic heterocycles. The third kappa shape index (κ3) is 1.74. The van der Waals surface area contributed by atoms with Gasteiger partial charge in [0.2, 0.25) is 0 Å². The normalized spacial score (nSPS) is 8.36. The highest BCUT2D eigenvalue weighted by molar-refractivity contribution is 5.92. The molecule has 6 heteroatoms. The molecular weight excluding hydrogens is 146 g/mol. The summed E-state index contributed by atoms with van der Waals surface area (Å²) >= 11 is 0. The van der Waals surface area contributed by atoms with Crippen LogP contribution in [0.4, 0.5) is 0 Å². The van der Waals surface area contributed by atoms with Gasteiger partial charge in [-0.1, -0.05) is 0 Å². The second-order valence-corrected chi connectivity index (χ2v) is 1.59. The van der Waals surface area contributed by atoms with Gasteiger partial charge in [-0.3, -0.25) is 9.78 Å². The van der Waals surface area contributed by atoms with Crippen molar-refractivity contribution in [1.82, 2.24) is 9.97 Å². The van der Waals surface area contributed by atoms with Crippen LogP contribution in [-0.2, 0) is 0 Å². The minimum absolute atomic E-state index is 0.0466. The lowest BCUT2D eigenvalue weighted by Crippen LogP contribution is -1.96. The van der Waals surface area contributed by atoms with Gasteiger partial charge in [0.1, 0.15) is 5.69 Å². The van der Waals surface area contributed by atoms with E-state index in [1.54, 1.807) is 0 Å². The SMILES string of the molecule is [N-]=[N+]=NC(=O)c1cnccn1. The lowest BCUT2D eigenvalue weighted by Gasteiger charge is -1.88. The third-order valence-corrected chi connectivity index (χ3v) is 0.918. The maximum Gasteiger partial charge on any atom is 0.269 e. The number of hydrogen-bond donors (Lipinski definition) is 0. The predicted octanol–water partition coefficient (Wildman–Crippen LogP) is 0.927. The number of amides is 1. The smallest absolute Gasteiger partial charge is 0.269 e. The zero-order valence-corrected chi connectivity index (χ0v) is 5.38. The van der Waals surface area contributed by atoms with Gasteiger partial charge in [0.05, 0.1) is 6.20 Å². The van der Waals surface area contributed by atoms with Gasteiger partial charge < -0.3 is 0 Å². The minimum atomic E-state index is -0.722. The van der Waals surface area contributed by atoms with Crippen LogP contribution < -0.4 is 0 Å². The fourth-order valence-corrected chi connectivity index (χ4v) is 0.501. The Morgan fingerprint density at radius 2 is 2.45 bits per heavy atom. The van der Waals surface area contributed by atoms with E-state index in [1.807, 2.05) is 0 Å². The molecule has 0 saturated heterocycles. The number of aromatic nitrogens is 2. The van der Waals surface area contributed by atoms with Crippen LogP contribution >= 0.6 is 0 Å². The second kappa shape index (κ2) is 3.28. The molecule has 0 saturated carbocycles. The molecule has 0 fully saturated rings. The Kier molecular flexibility index (Phi) is 2.14. The maximum absolute atomic E-state index is 10.7. The van der Waals surface area contributed by atoms with Crippen molar-refractivity contribution in [2.75, 3.05) is 0 Å². The highest BCUT2D eigenvalue weighted by atomic mass is 16.1. The summed E-state index contributed by atoms with van der Waals surface area (Å²) in [6, 6.07) is 0. The summed E-state index contributed by atoms with van der Waals surface area (Å²) in [5, 5.41) is 2.83. The van der Waals surface area contributed by atoms with E-state index < -0.39 is 5.91 Å². The van der Waals surface area contributed by atoms with Gasteiger partial charge in [0.15, 0.2) is 0 Å². The highest BCUT2D eigenvalue weighted by Crippen LogP contribution is 1.92. The van der Waals surface area contributed by atoms with Crippen LogP contribution in [-0.4, -0.2) is 15.9 Å². The molecule has 1 aromatic rings. The van der Waals surface area contributed by atoms with Crippen molar-refractivity contribution in [2.24, 2.45) is 5.11 Å². The number of azide groups is 1. The van der Waals surface area contributed by atoms with Crippen LogP contribution in [0.5, 0.6) is 0 Å². The lowest BCUT2D eigenvalue weighted by molar-refractivity contribution is 0.0995. The number of nitrogens with zero attached hydrogens (tertiary/aromatic N) is 5. The fourth-order valence-electron chi connectivity index (χ4n) is 0.501. The molecule has 6 nitrogen and oxygen atoms in total. The van der Waals surface area contributed by atoms with Crippen LogP contribution in [0.15, 0.2) is 23.7 Å². The average molecular weight is 149 g/mol. The molecule has 0 bridgehead atoms. The molecule has 0 aliphatic carbocycles. The van der Waals surface area contributed by atoms with Gasteiger partial charge in [-0.05, 0) is 10.6 Å². The third-order valence-electron chi connectivity index (χ3n) is 0.918. The molecule has 11 heavy (non-hydrogen) atoms. The monoisotopic (exact) mass is 149 g/mol. The maximum atomic E-state index is 10.7. The Labute approximate surface area is 61.5 Å². The predicted molar refractivity (Wildman–Crippen MR) is 35.5 cm³/mol. The van der Waals surface area contributed by atoms with Crippen molar-refractivity contribution in [3.05, 3.63) is 34.7 Å². The van der Waals surface area contributed by atoms with Crippen molar-refractivity contribution in [2.45, 2.75) is 0 Å². The van der Waals surface area contributed by atoms with Gasteiger partial charge in [0.25, 0.3) is 5.91 Å². The van der Waals surface area contributed by atoms with Crippen molar-refractivity contribution in [3.8, 4) is 0 Å². The van der Waals surface area contributed by atoms with E-state index in [-0.39, 0.29) is 5.69 Å². The van der Waals surface area contributed by atoms with Crippen molar-refractivity contribution < 1.29 is 4.79 Å². The standard InChI is InChI=1S/C5H3N5O/c6-10-9-5(11)4-3-7-1-2-8-4/h1-3H. The molecule has 0 spiro atoms. The Bertz CT molecular complexity index is 302. The summed E-state index contributed by atoms with van der Waals surface area (Å²) in [6.07, 6.45) is 4.00. The second-order valence-electron chi connectivity index (χ2n) is 1.59. The summed E-state index contributed by atoms with van der Waals surface area (Å²) in [4.78, 5) is 20.3. The van der Waals surface area contributed by atoms with E-state index in [1.165, 1.54) is 18.6 Å². The Balaban J connectivity index is 2.94. The molecule has 0 unspecified atom stereocenters. The summed E-state index contributed by atoms with van der Waals surface area (Å²) in [7, 11) is 0. The first kappa shape index (κ1) is 7.17. The Hall–Kier alpha value is -1.94. The lowest BCUT2D eigenvalue weighted by atomic mass is 10.4. The molecule has 0 aliphatic rings. The molecule has 0 aromatic carbocycles. The minimum Gasteiger partial charge on any atom is -0.285 e. The Morgan fingerprint density at radius 3 is 3.00 bits per heavy atom. The molecular formula is C5H3N5O. The van der Waals surface area contributed by atoms with E-state index >= 15 is 0 Å². The number of carbonyl (C=O) groups excluding carboxylic acids is 1. The first-order valence-corrected chi connectivity index (χ1v) is 2.70. The molecule has 54 valence electrons. The molecule has 1 aromatic heterocycles. The largest absolute Gasteiger partial charge is 0.285 e.